The average molecular weight is 367 g/mol. The quantitative estimate of drug-likeness (QED) is 0.751. The van der Waals surface area contributed by atoms with E-state index < -0.39 is 0 Å². The first-order chi connectivity index (χ1) is 9.95. The molecule has 0 aliphatic carbocycles. The minimum atomic E-state index is -0.350. The Hall–Kier alpha value is -1.46. The van der Waals surface area contributed by atoms with Gasteiger partial charge in [0.2, 0.25) is 0 Å². The Morgan fingerprint density at radius 1 is 1.19 bits per heavy atom. The summed E-state index contributed by atoms with van der Waals surface area (Å²) in [6, 6.07) is 13.1. The highest BCUT2D eigenvalue weighted by molar-refractivity contribution is 9.10. The summed E-state index contributed by atoms with van der Waals surface area (Å²) < 4.78 is 14.4. The summed E-state index contributed by atoms with van der Waals surface area (Å²) in [5.74, 6) is -0.350. The Morgan fingerprint density at radius 3 is 2.48 bits per heavy atom. The first-order valence-electron chi connectivity index (χ1n) is 6.55. The van der Waals surface area contributed by atoms with Crippen LogP contribution in [0, 0.1) is 12.7 Å². The number of halogens is 2. The molecule has 0 aliphatic rings. The van der Waals surface area contributed by atoms with Crippen LogP contribution in [0.3, 0.4) is 0 Å². The molecule has 0 amide bonds. The first kappa shape index (κ1) is 15.9. The van der Waals surface area contributed by atoms with Gasteiger partial charge in [-0.25, -0.2) is 4.39 Å². The van der Waals surface area contributed by atoms with Gasteiger partial charge in [0.05, 0.1) is 11.7 Å². The van der Waals surface area contributed by atoms with Gasteiger partial charge in [-0.05, 0) is 49.8 Å². The van der Waals surface area contributed by atoms with Crippen molar-refractivity contribution >= 4 is 38.9 Å². The Bertz CT molecular complexity index is 643. The standard InChI is InChI=1S/C16H16BrFN2S/c1-10-3-5-12(6-4-10)11(2)19-16(21)20-15-8-7-13(17)9-14(15)18/h3-9,11H,1-2H3,(H2,19,20,21)/t11-/m1/s1. The lowest BCUT2D eigenvalue weighted by molar-refractivity contribution is 0.631. The van der Waals surface area contributed by atoms with Crippen LogP contribution in [0.2, 0.25) is 0 Å². The Balaban J connectivity index is 1.99. The van der Waals surface area contributed by atoms with Gasteiger partial charge >= 0.3 is 0 Å². The number of nitrogens with one attached hydrogen (secondary N) is 2. The van der Waals surface area contributed by atoms with Crippen molar-refractivity contribution in [3.8, 4) is 0 Å². The summed E-state index contributed by atoms with van der Waals surface area (Å²) in [5.41, 5.74) is 2.69. The van der Waals surface area contributed by atoms with Crippen LogP contribution < -0.4 is 10.6 Å². The summed E-state index contributed by atoms with van der Waals surface area (Å²) >= 11 is 8.45. The lowest BCUT2D eigenvalue weighted by Crippen LogP contribution is -2.31. The van der Waals surface area contributed by atoms with E-state index in [4.69, 9.17) is 12.2 Å². The summed E-state index contributed by atoms with van der Waals surface area (Å²) in [6.45, 7) is 4.06. The summed E-state index contributed by atoms with van der Waals surface area (Å²) in [7, 11) is 0. The largest absolute Gasteiger partial charge is 0.356 e. The molecule has 2 aromatic rings. The number of hydrogen-bond donors (Lipinski definition) is 2. The number of benzene rings is 2. The molecule has 0 saturated carbocycles. The normalized spacial score (nSPS) is 11.8. The maximum absolute atomic E-state index is 13.7. The molecule has 0 aliphatic heterocycles. The second-order valence-corrected chi connectivity index (χ2v) is 6.18. The monoisotopic (exact) mass is 366 g/mol. The molecule has 0 saturated heterocycles. The molecule has 0 unspecified atom stereocenters. The Kier molecular flexibility index (Phi) is 5.31. The van der Waals surface area contributed by atoms with Crippen molar-refractivity contribution in [2.75, 3.05) is 5.32 Å². The van der Waals surface area contributed by atoms with Crippen molar-refractivity contribution in [3.05, 3.63) is 63.9 Å². The van der Waals surface area contributed by atoms with E-state index in [0.29, 0.717) is 15.3 Å². The molecule has 2 aromatic carbocycles. The summed E-state index contributed by atoms with van der Waals surface area (Å²) in [5, 5.41) is 6.41. The van der Waals surface area contributed by atoms with Crippen molar-refractivity contribution in [3.63, 3.8) is 0 Å². The highest BCUT2D eigenvalue weighted by Crippen LogP contribution is 2.20. The van der Waals surface area contributed by atoms with Crippen LogP contribution in [0.4, 0.5) is 10.1 Å². The minimum absolute atomic E-state index is 0.0455. The molecule has 5 heteroatoms. The van der Waals surface area contributed by atoms with Crippen LogP contribution in [0.25, 0.3) is 0 Å². The lowest BCUT2D eigenvalue weighted by atomic mass is 10.1. The fourth-order valence-corrected chi connectivity index (χ4v) is 2.50. The second-order valence-electron chi connectivity index (χ2n) is 4.86. The van der Waals surface area contributed by atoms with Crippen molar-refractivity contribution in [2.24, 2.45) is 0 Å². The van der Waals surface area contributed by atoms with Crippen LogP contribution in [-0.2, 0) is 0 Å². The van der Waals surface area contributed by atoms with Gasteiger partial charge in [0.1, 0.15) is 5.82 Å². The fourth-order valence-electron chi connectivity index (χ4n) is 1.88. The van der Waals surface area contributed by atoms with E-state index >= 15 is 0 Å². The molecule has 2 nitrogen and oxygen atoms in total. The molecule has 21 heavy (non-hydrogen) atoms. The average Bonchev–Trinajstić information content (AvgIpc) is 2.42. The highest BCUT2D eigenvalue weighted by atomic mass is 79.9. The number of aryl methyl sites for hydroxylation is 1. The van der Waals surface area contributed by atoms with Gasteiger partial charge in [-0.15, -0.1) is 0 Å². The smallest absolute Gasteiger partial charge is 0.171 e. The van der Waals surface area contributed by atoms with Gasteiger partial charge < -0.3 is 10.6 Å². The van der Waals surface area contributed by atoms with Gasteiger partial charge in [-0.1, -0.05) is 45.8 Å². The number of thiocarbonyl (C=S) groups is 1. The highest BCUT2D eigenvalue weighted by Gasteiger charge is 2.09. The third kappa shape index (κ3) is 4.51. The van der Waals surface area contributed by atoms with Gasteiger partial charge in [0, 0.05) is 4.47 Å². The maximum Gasteiger partial charge on any atom is 0.171 e. The zero-order valence-corrected chi connectivity index (χ0v) is 14.2. The van der Waals surface area contributed by atoms with Crippen LogP contribution in [0.5, 0.6) is 0 Å². The van der Waals surface area contributed by atoms with Crippen molar-refractivity contribution < 1.29 is 4.39 Å². The van der Waals surface area contributed by atoms with Crippen molar-refractivity contribution in [1.82, 2.24) is 5.32 Å². The van der Waals surface area contributed by atoms with Crippen LogP contribution >= 0.6 is 28.1 Å². The van der Waals surface area contributed by atoms with E-state index in [0.717, 1.165) is 5.56 Å². The third-order valence-corrected chi connectivity index (χ3v) is 3.82. The third-order valence-electron chi connectivity index (χ3n) is 3.10. The zero-order valence-electron chi connectivity index (χ0n) is 11.8. The molecule has 2 N–H and O–H groups in total. The van der Waals surface area contributed by atoms with E-state index in [1.54, 1.807) is 12.1 Å². The van der Waals surface area contributed by atoms with E-state index in [1.807, 2.05) is 13.8 Å². The molecule has 0 aromatic heterocycles. The molecule has 110 valence electrons. The van der Waals surface area contributed by atoms with Crippen LogP contribution in [0.1, 0.15) is 24.1 Å². The molecule has 0 heterocycles. The van der Waals surface area contributed by atoms with Gasteiger partial charge in [0.25, 0.3) is 0 Å². The molecule has 0 bridgehead atoms. The Labute approximate surface area is 137 Å². The maximum atomic E-state index is 13.7. The summed E-state index contributed by atoms with van der Waals surface area (Å²) in [4.78, 5) is 0. The Morgan fingerprint density at radius 2 is 1.86 bits per heavy atom. The number of rotatable bonds is 3. The fraction of sp³-hybridized carbons (Fsp3) is 0.188. The predicted octanol–water partition coefficient (Wildman–Crippen LogP) is 4.94. The number of hydrogen-bond acceptors (Lipinski definition) is 1. The van der Waals surface area contributed by atoms with Crippen LogP contribution in [0.15, 0.2) is 46.9 Å². The van der Waals surface area contributed by atoms with E-state index in [2.05, 4.69) is 50.8 Å². The minimum Gasteiger partial charge on any atom is -0.356 e. The predicted molar refractivity (Wildman–Crippen MR) is 93.1 cm³/mol. The lowest BCUT2D eigenvalue weighted by Gasteiger charge is -2.18. The molecular formula is C16H16BrFN2S. The van der Waals surface area contributed by atoms with Crippen LogP contribution in [-0.4, -0.2) is 5.11 Å². The molecule has 2 rings (SSSR count). The van der Waals surface area contributed by atoms with Gasteiger partial charge in [-0.2, -0.15) is 0 Å². The van der Waals surface area contributed by atoms with Crippen molar-refractivity contribution in [1.29, 1.82) is 0 Å². The number of anilines is 1. The molecule has 1 atom stereocenters. The summed E-state index contributed by atoms with van der Waals surface area (Å²) in [6.07, 6.45) is 0. The van der Waals surface area contributed by atoms with E-state index in [9.17, 15) is 4.39 Å². The molecule has 0 radical (unpaired) electrons. The van der Waals surface area contributed by atoms with Gasteiger partial charge in [0.15, 0.2) is 5.11 Å². The topological polar surface area (TPSA) is 24.1 Å². The van der Waals surface area contributed by atoms with Gasteiger partial charge in [-0.3, -0.25) is 0 Å². The van der Waals surface area contributed by atoms with E-state index in [1.165, 1.54) is 11.6 Å². The molecule has 0 fully saturated rings. The second kappa shape index (κ2) is 7.00. The van der Waals surface area contributed by atoms with E-state index in [-0.39, 0.29) is 11.9 Å². The molecular weight excluding hydrogens is 351 g/mol. The van der Waals surface area contributed by atoms with Crippen molar-refractivity contribution in [2.45, 2.75) is 19.9 Å². The molecule has 0 spiro atoms. The first-order valence-corrected chi connectivity index (χ1v) is 7.75. The SMILES string of the molecule is Cc1ccc([C@@H](C)NC(=S)Nc2ccc(Br)cc2F)cc1. The zero-order chi connectivity index (χ0) is 15.4.